The van der Waals surface area contributed by atoms with Crippen LogP contribution in [-0.2, 0) is 10.0 Å². The summed E-state index contributed by atoms with van der Waals surface area (Å²) in [7, 11) is -3.49. The van der Waals surface area contributed by atoms with Gasteiger partial charge in [0.2, 0.25) is 0 Å². The van der Waals surface area contributed by atoms with E-state index < -0.39 is 10.0 Å². The number of rotatable bonds is 5. The van der Waals surface area contributed by atoms with E-state index in [1.165, 1.54) is 11.3 Å². The minimum absolute atomic E-state index is 0.273. The van der Waals surface area contributed by atoms with Crippen molar-refractivity contribution < 1.29 is 8.42 Å². The molecule has 1 unspecified atom stereocenters. The van der Waals surface area contributed by atoms with Crippen LogP contribution in [0.5, 0.6) is 0 Å². The molecule has 108 valence electrons. The number of nitrogens with one attached hydrogen (secondary N) is 1. The number of thioether (sulfide) groups is 1. The smallest absolute Gasteiger partial charge is 0.206 e. The van der Waals surface area contributed by atoms with Gasteiger partial charge in [0, 0.05) is 15.4 Å². The molecule has 7 heteroatoms. The third kappa shape index (κ3) is 3.65. The zero-order valence-corrected chi connectivity index (χ0v) is 15.0. The molecule has 0 saturated heterocycles. The first-order valence-electron chi connectivity index (χ1n) is 5.83. The van der Waals surface area contributed by atoms with Crippen LogP contribution < -0.4 is 4.72 Å². The Kier molecular flexibility index (Phi) is 5.30. The summed E-state index contributed by atoms with van der Waals surface area (Å²) in [6, 6.07) is 9.34. The van der Waals surface area contributed by atoms with Gasteiger partial charge in [0.25, 0.3) is 10.0 Å². The fourth-order valence-electron chi connectivity index (χ4n) is 1.72. The van der Waals surface area contributed by atoms with Gasteiger partial charge in [-0.2, -0.15) is 0 Å². The molecule has 0 aliphatic rings. The maximum atomic E-state index is 12.3. The Morgan fingerprint density at radius 2 is 1.90 bits per heavy atom. The molecule has 0 saturated carbocycles. The Balaban J connectivity index is 2.18. The molecule has 1 heterocycles. The van der Waals surface area contributed by atoms with Crippen LogP contribution in [-0.4, -0.2) is 14.7 Å². The highest BCUT2D eigenvalue weighted by atomic mass is 79.9. The van der Waals surface area contributed by atoms with E-state index in [9.17, 15) is 8.42 Å². The van der Waals surface area contributed by atoms with Crippen molar-refractivity contribution in [3.05, 3.63) is 45.7 Å². The highest BCUT2D eigenvalue weighted by Crippen LogP contribution is 2.29. The van der Waals surface area contributed by atoms with Crippen molar-refractivity contribution in [2.75, 3.05) is 6.26 Å². The van der Waals surface area contributed by atoms with E-state index >= 15 is 0 Å². The number of halogens is 1. The number of benzene rings is 1. The van der Waals surface area contributed by atoms with Crippen LogP contribution >= 0.6 is 39.0 Å². The van der Waals surface area contributed by atoms with Gasteiger partial charge in [-0.15, -0.1) is 23.1 Å². The Hall–Kier alpha value is -0.340. The van der Waals surface area contributed by atoms with Crippen LogP contribution in [0, 0.1) is 0 Å². The first-order chi connectivity index (χ1) is 9.44. The maximum Gasteiger partial charge on any atom is 0.251 e. The molecule has 3 nitrogen and oxygen atoms in total. The standard InChI is InChI=1S/C13H14BrNO2S3/c1-9(10-3-5-11(18-2)6-4-10)15-20(16,17)13-12(14)7-8-19-13/h3-9,15H,1-2H3. The van der Waals surface area contributed by atoms with Crippen molar-refractivity contribution in [2.24, 2.45) is 0 Å². The third-order valence-electron chi connectivity index (χ3n) is 2.78. The Morgan fingerprint density at radius 3 is 2.40 bits per heavy atom. The number of hydrogen-bond acceptors (Lipinski definition) is 4. The molecular weight excluding hydrogens is 378 g/mol. The summed E-state index contributed by atoms with van der Waals surface area (Å²) in [5.41, 5.74) is 0.944. The SMILES string of the molecule is CSc1ccc(C(C)NS(=O)(=O)c2sccc2Br)cc1. The summed E-state index contributed by atoms with van der Waals surface area (Å²) in [6.45, 7) is 1.84. The normalized spacial score (nSPS) is 13.3. The minimum atomic E-state index is -3.49. The fourth-order valence-corrected chi connectivity index (χ4v) is 5.71. The summed E-state index contributed by atoms with van der Waals surface area (Å²) in [5.74, 6) is 0. The molecule has 2 rings (SSSR count). The zero-order valence-electron chi connectivity index (χ0n) is 11.0. The van der Waals surface area contributed by atoms with Crippen LogP contribution in [0.3, 0.4) is 0 Å². The second-order valence-corrected chi connectivity index (χ2v) is 8.73. The van der Waals surface area contributed by atoms with Gasteiger partial charge in [0.05, 0.1) is 0 Å². The van der Waals surface area contributed by atoms with Gasteiger partial charge in [-0.1, -0.05) is 12.1 Å². The molecule has 0 amide bonds. The van der Waals surface area contributed by atoms with E-state index in [0.717, 1.165) is 10.5 Å². The van der Waals surface area contributed by atoms with E-state index in [1.807, 2.05) is 37.4 Å². The van der Waals surface area contributed by atoms with Gasteiger partial charge in [0.1, 0.15) is 4.21 Å². The van der Waals surface area contributed by atoms with Crippen LogP contribution in [0.4, 0.5) is 0 Å². The largest absolute Gasteiger partial charge is 0.251 e. The second-order valence-electron chi connectivity index (χ2n) is 4.17. The monoisotopic (exact) mass is 391 g/mol. The predicted octanol–water partition coefficient (Wildman–Crippen LogP) is 4.27. The second kappa shape index (κ2) is 6.62. The first kappa shape index (κ1) is 16.0. The first-order valence-corrected chi connectivity index (χ1v) is 10.2. The molecule has 1 N–H and O–H groups in total. The molecule has 0 radical (unpaired) electrons. The summed E-state index contributed by atoms with van der Waals surface area (Å²) in [5, 5.41) is 1.75. The maximum absolute atomic E-state index is 12.3. The van der Waals surface area contributed by atoms with Gasteiger partial charge in [0.15, 0.2) is 0 Å². The van der Waals surface area contributed by atoms with Crippen LogP contribution in [0.15, 0.2) is 49.3 Å². The summed E-state index contributed by atoms with van der Waals surface area (Å²) < 4.78 is 28.2. The lowest BCUT2D eigenvalue weighted by Gasteiger charge is -2.14. The van der Waals surface area contributed by atoms with E-state index in [-0.39, 0.29) is 6.04 Å². The van der Waals surface area contributed by atoms with Crippen molar-refractivity contribution in [2.45, 2.75) is 22.1 Å². The van der Waals surface area contributed by atoms with E-state index in [1.54, 1.807) is 23.2 Å². The Labute approximate surface area is 136 Å². The molecule has 20 heavy (non-hydrogen) atoms. The van der Waals surface area contributed by atoms with Crippen LogP contribution in [0.1, 0.15) is 18.5 Å². The topological polar surface area (TPSA) is 46.2 Å². The minimum Gasteiger partial charge on any atom is -0.206 e. The van der Waals surface area contributed by atoms with Gasteiger partial charge >= 0.3 is 0 Å². The highest BCUT2D eigenvalue weighted by Gasteiger charge is 2.22. The Bertz CT molecular complexity index is 680. The van der Waals surface area contributed by atoms with Crippen molar-refractivity contribution in [1.82, 2.24) is 4.72 Å². The average Bonchev–Trinajstić information content (AvgIpc) is 2.85. The quantitative estimate of drug-likeness (QED) is 0.773. The fraction of sp³-hybridized carbons (Fsp3) is 0.231. The van der Waals surface area contributed by atoms with Crippen LogP contribution in [0.25, 0.3) is 0 Å². The van der Waals surface area contributed by atoms with E-state index in [0.29, 0.717) is 8.68 Å². The zero-order chi connectivity index (χ0) is 14.8. The van der Waals surface area contributed by atoms with Gasteiger partial charge in [-0.3, -0.25) is 0 Å². The summed E-state index contributed by atoms with van der Waals surface area (Å²) in [4.78, 5) is 1.16. The van der Waals surface area contributed by atoms with Crippen molar-refractivity contribution in [3.63, 3.8) is 0 Å². The third-order valence-corrected chi connectivity index (χ3v) is 7.73. The number of thiophene rings is 1. The molecule has 1 atom stereocenters. The molecular formula is C13H14BrNO2S3. The average molecular weight is 392 g/mol. The lowest BCUT2D eigenvalue weighted by molar-refractivity contribution is 0.568. The molecule has 2 aromatic rings. The molecule has 0 fully saturated rings. The predicted molar refractivity (Wildman–Crippen MR) is 89.0 cm³/mol. The lowest BCUT2D eigenvalue weighted by atomic mass is 10.1. The van der Waals surface area contributed by atoms with E-state index in [4.69, 9.17) is 0 Å². The number of sulfonamides is 1. The molecule has 0 bridgehead atoms. The molecule has 0 aliphatic carbocycles. The van der Waals surface area contributed by atoms with E-state index in [2.05, 4.69) is 20.7 Å². The molecule has 0 spiro atoms. The Morgan fingerprint density at radius 1 is 1.25 bits per heavy atom. The highest BCUT2D eigenvalue weighted by molar-refractivity contribution is 9.10. The molecule has 1 aromatic carbocycles. The van der Waals surface area contributed by atoms with Gasteiger partial charge < -0.3 is 0 Å². The summed E-state index contributed by atoms with van der Waals surface area (Å²) >= 11 is 6.11. The van der Waals surface area contributed by atoms with Crippen molar-refractivity contribution in [1.29, 1.82) is 0 Å². The lowest BCUT2D eigenvalue weighted by Crippen LogP contribution is -2.26. The van der Waals surface area contributed by atoms with Crippen LogP contribution in [0.2, 0.25) is 0 Å². The van der Waals surface area contributed by atoms with Crippen molar-refractivity contribution in [3.8, 4) is 0 Å². The number of hydrogen-bond donors (Lipinski definition) is 1. The van der Waals surface area contributed by atoms with Gasteiger partial charge in [-0.25, -0.2) is 13.1 Å². The molecule has 1 aromatic heterocycles. The molecule has 0 aliphatic heterocycles. The summed E-state index contributed by atoms with van der Waals surface area (Å²) in [6.07, 6.45) is 2.01. The van der Waals surface area contributed by atoms with Crippen molar-refractivity contribution >= 4 is 49.1 Å². The van der Waals surface area contributed by atoms with Gasteiger partial charge in [-0.05, 0) is 58.3 Å².